The Balaban J connectivity index is 1.99. The van der Waals surface area contributed by atoms with Crippen molar-refractivity contribution in [3.05, 3.63) is 0 Å². The highest BCUT2D eigenvalue weighted by Gasteiger charge is 2.13. The lowest BCUT2D eigenvalue weighted by atomic mass is 10.1. The minimum atomic E-state index is 0.367. The topological polar surface area (TPSA) is 24.5 Å². The van der Waals surface area contributed by atoms with Gasteiger partial charge in [0.05, 0.1) is 6.10 Å². The molecule has 1 aliphatic heterocycles. The molecule has 1 rings (SSSR count). The lowest BCUT2D eigenvalue weighted by Crippen LogP contribution is -2.31. The van der Waals surface area contributed by atoms with Crippen LogP contribution in [-0.4, -0.2) is 50.3 Å². The predicted octanol–water partition coefficient (Wildman–Crippen LogP) is 1.88. The number of nitrogens with zero attached hydrogens (tertiary/aromatic N) is 1. The van der Waals surface area contributed by atoms with E-state index in [1.807, 2.05) is 0 Å². The van der Waals surface area contributed by atoms with E-state index in [9.17, 15) is 0 Å². The highest BCUT2D eigenvalue weighted by atomic mass is 16.5. The summed E-state index contributed by atoms with van der Waals surface area (Å²) in [6, 6.07) is 0.726. The molecule has 0 bridgehead atoms. The van der Waals surface area contributed by atoms with Gasteiger partial charge in [0.15, 0.2) is 0 Å². The van der Waals surface area contributed by atoms with E-state index in [4.69, 9.17) is 4.74 Å². The average Bonchev–Trinajstić information content (AvgIpc) is 2.43. The molecule has 1 heterocycles. The first-order chi connectivity index (χ1) is 7.68. The summed E-state index contributed by atoms with van der Waals surface area (Å²) in [7, 11) is 2.22. The molecule has 0 aromatic rings. The monoisotopic (exact) mass is 228 g/mol. The summed E-state index contributed by atoms with van der Waals surface area (Å²) in [5.41, 5.74) is 0. The fourth-order valence-corrected chi connectivity index (χ4v) is 2.14. The van der Waals surface area contributed by atoms with Crippen LogP contribution in [0.2, 0.25) is 0 Å². The fourth-order valence-electron chi connectivity index (χ4n) is 2.14. The smallest absolute Gasteiger partial charge is 0.0518 e. The maximum atomic E-state index is 5.52. The summed E-state index contributed by atoms with van der Waals surface area (Å²) in [5, 5.41) is 3.65. The second kappa shape index (κ2) is 8.04. The molecule has 1 unspecified atom stereocenters. The summed E-state index contributed by atoms with van der Waals surface area (Å²) in [6.45, 7) is 8.66. The van der Waals surface area contributed by atoms with Gasteiger partial charge in [0.1, 0.15) is 0 Å². The van der Waals surface area contributed by atoms with Gasteiger partial charge in [-0.15, -0.1) is 0 Å². The van der Waals surface area contributed by atoms with Gasteiger partial charge >= 0.3 is 0 Å². The Morgan fingerprint density at radius 2 is 2.12 bits per heavy atom. The van der Waals surface area contributed by atoms with Gasteiger partial charge in [0.25, 0.3) is 0 Å². The van der Waals surface area contributed by atoms with Gasteiger partial charge in [-0.3, -0.25) is 0 Å². The van der Waals surface area contributed by atoms with Gasteiger partial charge in [-0.2, -0.15) is 0 Å². The molecular weight excluding hydrogens is 200 g/mol. The maximum Gasteiger partial charge on any atom is 0.0518 e. The van der Waals surface area contributed by atoms with Crippen LogP contribution in [-0.2, 0) is 4.74 Å². The van der Waals surface area contributed by atoms with Gasteiger partial charge < -0.3 is 15.0 Å². The van der Waals surface area contributed by atoms with E-state index in [-0.39, 0.29) is 0 Å². The molecule has 0 amide bonds. The van der Waals surface area contributed by atoms with Crippen molar-refractivity contribution in [1.82, 2.24) is 10.2 Å². The van der Waals surface area contributed by atoms with Gasteiger partial charge in [0.2, 0.25) is 0 Å². The van der Waals surface area contributed by atoms with Crippen LogP contribution in [0.1, 0.15) is 39.5 Å². The van der Waals surface area contributed by atoms with Gasteiger partial charge in [-0.1, -0.05) is 0 Å². The van der Waals surface area contributed by atoms with E-state index in [0.717, 1.165) is 25.6 Å². The first-order valence-corrected chi connectivity index (χ1v) is 6.72. The van der Waals surface area contributed by atoms with E-state index in [2.05, 4.69) is 31.1 Å². The number of likely N-dealkylation sites (tertiary alicyclic amines) is 1. The highest BCUT2D eigenvalue weighted by molar-refractivity contribution is 4.73. The van der Waals surface area contributed by atoms with Crippen LogP contribution in [0.4, 0.5) is 0 Å². The van der Waals surface area contributed by atoms with E-state index < -0.39 is 0 Å². The van der Waals surface area contributed by atoms with Crippen molar-refractivity contribution in [3.8, 4) is 0 Å². The van der Waals surface area contributed by atoms with Gasteiger partial charge in [-0.05, 0) is 66.2 Å². The molecule has 1 N–H and O–H groups in total. The molecule has 0 radical (unpaired) electrons. The molecule has 3 heteroatoms. The average molecular weight is 228 g/mol. The van der Waals surface area contributed by atoms with Crippen molar-refractivity contribution in [2.24, 2.45) is 0 Å². The van der Waals surface area contributed by atoms with E-state index in [1.54, 1.807) is 0 Å². The third-order valence-electron chi connectivity index (χ3n) is 3.16. The Hall–Kier alpha value is -0.120. The van der Waals surface area contributed by atoms with Crippen molar-refractivity contribution in [3.63, 3.8) is 0 Å². The summed E-state index contributed by atoms with van der Waals surface area (Å²) in [4.78, 5) is 2.43. The van der Waals surface area contributed by atoms with Crippen molar-refractivity contribution in [1.29, 1.82) is 0 Å². The number of hydrogen-bond donors (Lipinski definition) is 1. The van der Waals surface area contributed by atoms with Crippen LogP contribution in [0.25, 0.3) is 0 Å². The fraction of sp³-hybridized carbons (Fsp3) is 1.00. The number of rotatable bonds is 6. The largest absolute Gasteiger partial charge is 0.379 e. The maximum absolute atomic E-state index is 5.52. The van der Waals surface area contributed by atoms with Crippen LogP contribution in [0.15, 0.2) is 0 Å². The number of hydrogen-bond acceptors (Lipinski definition) is 3. The van der Waals surface area contributed by atoms with Crippen molar-refractivity contribution in [2.75, 3.05) is 33.3 Å². The summed E-state index contributed by atoms with van der Waals surface area (Å²) in [5.74, 6) is 0. The minimum absolute atomic E-state index is 0.367. The lowest BCUT2D eigenvalue weighted by molar-refractivity contribution is 0.0766. The van der Waals surface area contributed by atoms with Crippen molar-refractivity contribution >= 4 is 0 Å². The SMILES string of the molecule is CC(C)OCCCNC1CCCN(C)CC1. The number of ether oxygens (including phenoxy) is 1. The molecule has 1 aliphatic rings. The molecule has 1 atom stereocenters. The molecule has 3 nitrogen and oxygen atoms in total. The Bertz CT molecular complexity index is 173. The molecule has 0 aromatic heterocycles. The third-order valence-corrected chi connectivity index (χ3v) is 3.16. The van der Waals surface area contributed by atoms with E-state index in [0.29, 0.717) is 6.10 Å². The Morgan fingerprint density at radius 3 is 2.88 bits per heavy atom. The van der Waals surface area contributed by atoms with E-state index >= 15 is 0 Å². The molecule has 0 aromatic carbocycles. The molecule has 1 fully saturated rings. The summed E-state index contributed by atoms with van der Waals surface area (Å²) < 4.78 is 5.52. The molecule has 16 heavy (non-hydrogen) atoms. The summed E-state index contributed by atoms with van der Waals surface area (Å²) in [6.07, 6.45) is 5.45. The molecule has 1 saturated heterocycles. The van der Waals surface area contributed by atoms with Crippen LogP contribution in [0, 0.1) is 0 Å². The molecule has 0 aliphatic carbocycles. The van der Waals surface area contributed by atoms with Crippen LogP contribution in [0.3, 0.4) is 0 Å². The second-order valence-corrected chi connectivity index (χ2v) is 5.16. The molecular formula is C13H28N2O. The quantitative estimate of drug-likeness (QED) is 0.703. The Kier molecular flexibility index (Phi) is 7.01. The first kappa shape index (κ1) is 13.9. The molecule has 96 valence electrons. The van der Waals surface area contributed by atoms with Crippen LogP contribution >= 0.6 is 0 Å². The minimum Gasteiger partial charge on any atom is -0.379 e. The van der Waals surface area contributed by atoms with E-state index in [1.165, 1.54) is 32.4 Å². The van der Waals surface area contributed by atoms with Crippen molar-refractivity contribution < 1.29 is 4.74 Å². The first-order valence-electron chi connectivity index (χ1n) is 6.72. The Morgan fingerprint density at radius 1 is 1.31 bits per heavy atom. The zero-order valence-corrected chi connectivity index (χ0v) is 11.2. The third kappa shape index (κ3) is 6.46. The lowest BCUT2D eigenvalue weighted by Gasteiger charge is -2.17. The number of nitrogens with one attached hydrogen (secondary N) is 1. The molecule has 0 saturated carbocycles. The Labute approximate surface area is 101 Å². The normalized spacial score (nSPS) is 23.6. The van der Waals surface area contributed by atoms with Gasteiger partial charge in [-0.25, -0.2) is 0 Å². The summed E-state index contributed by atoms with van der Waals surface area (Å²) >= 11 is 0. The zero-order chi connectivity index (χ0) is 11.8. The van der Waals surface area contributed by atoms with Crippen LogP contribution in [0.5, 0.6) is 0 Å². The van der Waals surface area contributed by atoms with Crippen LogP contribution < -0.4 is 5.32 Å². The predicted molar refractivity (Wildman–Crippen MR) is 68.8 cm³/mol. The standard InChI is InChI=1S/C13H28N2O/c1-12(2)16-11-5-8-14-13-6-4-9-15(3)10-7-13/h12-14H,4-11H2,1-3H3. The second-order valence-electron chi connectivity index (χ2n) is 5.16. The zero-order valence-electron chi connectivity index (χ0n) is 11.2. The van der Waals surface area contributed by atoms with Crippen molar-refractivity contribution in [2.45, 2.75) is 51.7 Å². The highest BCUT2D eigenvalue weighted by Crippen LogP contribution is 2.09. The molecule has 0 spiro atoms. The van der Waals surface area contributed by atoms with Gasteiger partial charge in [0, 0.05) is 12.6 Å².